The van der Waals surface area contributed by atoms with Crippen molar-refractivity contribution in [1.29, 1.82) is 0 Å². The van der Waals surface area contributed by atoms with E-state index in [1.807, 2.05) is 36.4 Å². The lowest BCUT2D eigenvalue weighted by Crippen LogP contribution is -2.43. The van der Waals surface area contributed by atoms with Crippen molar-refractivity contribution >= 4 is 5.70 Å². The van der Waals surface area contributed by atoms with Crippen LogP contribution in [0.15, 0.2) is 84.9 Å². The van der Waals surface area contributed by atoms with Gasteiger partial charge >= 0.3 is 0 Å². The van der Waals surface area contributed by atoms with Crippen LogP contribution in [0, 0.1) is 0 Å². The highest BCUT2D eigenvalue weighted by Crippen LogP contribution is 2.49. The number of hydrogen-bond acceptors (Lipinski definition) is 4. The zero-order chi connectivity index (χ0) is 18.2. The highest BCUT2D eigenvalue weighted by molar-refractivity contribution is 5.68. The molecule has 5 rings (SSSR count). The van der Waals surface area contributed by atoms with Crippen LogP contribution in [-0.2, 0) is 0 Å². The molecule has 0 spiro atoms. The van der Waals surface area contributed by atoms with Gasteiger partial charge in [0.15, 0.2) is 17.7 Å². The largest absolute Gasteiger partial charge is 0.493 e. The molecule has 0 bridgehead atoms. The molecule has 2 heterocycles. The second-order valence-electron chi connectivity index (χ2n) is 6.67. The van der Waals surface area contributed by atoms with E-state index in [1.54, 1.807) is 7.11 Å². The number of rotatable bonds is 3. The van der Waals surface area contributed by atoms with Crippen LogP contribution in [0.2, 0.25) is 0 Å². The maximum Gasteiger partial charge on any atom is 0.196 e. The first-order valence-corrected chi connectivity index (χ1v) is 9.06. The van der Waals surface area contributed by atoms with Gasteiger partial charge in [0.1, 0.15) is 0 Å². The van der Waals surface area contributed by atoms with E-state index in [9.17, 15) is 0 Å². The number of fused-ring (bicyclic) bond motifs is 3. The molecule has 2 atom stereocenters. The van der Waals surface area contributed by atoms with Gasteiger partial charge in [-0.1, -0.05) is 72.8 Å². The summed E-state index contributed by atoms with van der Waals surface area (Å²) in [5.74, 6) is 1.57. The molecule has 2 unspecified atom stereocenters. The molecule has 0 fully saturated rings. The number of ether oxygens (including phenoxy) is 2. The normalized spacial score (nSPS) is 20.7. The van der Waals surface area contributed by atoms with Crippen LogP contribution in [0.4, 0.5) is 0 Å². The number of hydrazine groups is 1. The molecule has 0 saturated carbocycles. The predicted molar refractivity (Wildman–Crippen MR) is 105 cm³/mol. The van der Waals surface area contributed by atoms with Gasteiger partial charge in [-0.25, -0.2) is 0 Å². The maximum atomic E-state index is 6.44. The van der Waals surface area contributed by atoms with Crippen LogP contribution in [0.1, 0.15) is 29.0 Å². The average Bonchev–Trinajstić information content (AvgIpc) is 3.20. The van der Waals surface area contributed by atoms with Crippen molar-refractivity contribution in [1.82, 2.24) is 10.4 Å². The number of nitrogens with zero attached hydrogens (tertiary/aromatic N) is 1. The lowest BCUT2D eigenvalue weighted by molar-refractivity contribution is -0.0342. The Balaban J connectivity index is 1.63. The fourth-order valence-corrected chi connectivity index (χ4v) is 3.77. The second kappa shape index (κ2) is 6.49. The fourth-order valence-electron chi connectivity index (χ4n) is 3.77. The molecule has 0 amide bonds. The fraction of sp³-hybridized carbons (Fsp3) is 0.130. The van der Waals surface area contributed by atoms with Crippen LogP contribution in [0.25, 0.3) is 5.70 Å². The van der Waals surface area contributed by atoms with Crippen molar-refractivity contribution in [3.05, 3.63) is 102 Å². The third-order valence-corrected chi connectivity index (χ3v) is 5.07. The Morgan fingerprint density at radius 2 is 1.63 bits per heavy atom. The van der Waals surface area contributed by atoms with Gasteiger partial charge in [0.05, 0.1) is 18.8 Å². The van der Waals surface area contributed by atoms with Gasteiger partial charge in [-0.3, -0.25) is 0 Å². The summed E-state index contributed by atoms with van der Waals surface area (Å²) < 4.78 is 12.0. The van der Waals surface area contributed by atoms with Gasteiger partial charge in [0, 0.05) is 11.1 Å². The summed E-state index contributed by atoms with van der Waals surface area (Å²) in [6, 6.07) is 26.7. The maximum absolute atomic E-state index is 6.44. The molecule has 3 aromatic carbocycles. The first kappa shape index (κ1) is 16.0. The van der Waals surface area contributed by atoms with Gasteiger partial charge in [0.2, 0.25) is 0 Å². The quantitative estimate of drug-likeness (QED) is 0.738. The number of benzene rings is 3. The van der Waals surface area contributed by atoms with Crippen molar-refractivity contribution < 1.29 is 9.47 Å². The molecule has 0 aromatic heterocycles. The average molecular weight is 356 g/mol. The molecule has 4 nitrogen and oxygen atoms in total. The van der Waals surface area contributed by atoms with Gasteiger partial charge < -0.3 is 14.9 Å². The molecule has 0 saturated heterocycles. The van der Waals surface area contributed by atoms with Crippen molar-refractivity contribution in [3.63, 3.8) is 0 Å². The molecule has 2 aliphatic rings. The van der Waals surface area contributed by atoms with Crippen LogP contribution < -0.4 is 14.9 Å². The van der Waals surface area contributed by atoms with E-state index in [4.69, 9.17) is 9.47 Å². The third kappa shape index (κ3) is 2.66. The zero-order valence-corrected chi connectivity index (χ0v) is 15.0. The van der Waals surface area contributed by atoms with Gasteiger partial charge in [-0.05, 0) is 17.7 Å². The van der Waals surface area contributed by atoms with E-state index in [0.29, 0.717) is 0 Å². The van der Waals surface area contributed by atoms with E-state index in [-0.39, 0.29) is 12.3 Å². The monoisotopic (exact) mass is 356 g/mol. The topological polar surface area (TPSA) is 33.7 Å². The lowest BCUT2D eigenvalue weighted by Gasteiger charge is -2.39. The minimum Gasteiger partial charge on any atom is -0.493 e. The van der Waals surface area contributed by atoms with Crippen molar-refractivity contribution in [3.8, 4) is 11.5 Å². The Morgan fingerprint density at radius 3 is 2.37 bits per heavy atom. The minimum absolute atomic E-state index is 0.0595. The Bertz CT molecular complexity index is 986. The molecular weight excluding hydrogens is 336 g/mol. The first-order valence-electron chi connectivity index (χ1n) is 9.06. The standard InChI is InChI=1S/C23H20N2O2/c1-26-21-14-8-13-18-20-15-19(16-9-4-2-5-10-16)24-25(20)23(27-22(18)21)17-11-6-3-7-12-17/h2-15,20,23-24H,1H3. The molecule has 0 aliphatic carbocycles. The van der Waals surface area contributed by atoms with E-state index in [1.165, 1.54) is 0 Å². The summed E-state index contributed by atoms with van der Waals surface area (Å²) in [5, 5.41) is 2.17. The summed E-state index contributed by atoms with van der Waals surface area (Å²) in [5.41, 5.74) is 7.99. The summed E-state index contributed by atoms with van der Waals surface area (Å²) in [6.07, 6.45) is 2.00. The van der Waals surface area contributed by atoms with Crippen LogP contribution >= 0.6 is 0 Å². The Hall–Kier alpha value is -3.24. The first-order chi connectivity index (χ1) is 13.3. The van der Waals surface area contributed by atoms with Crippen molar-refractivity contribution in [2.24, 2.45) is 0 Å². The Labute approximate surface area is 158 Å². The Morgan fingerprint density at radius 1 is 0.889 bits per heavy atom. The Kier molecular flexibility index (Phi) is 3.84. The summed E-state index contributed by atoms with van der Waals surface area (Å²) in [4.78, 5) is 0. The van der Waals surface area contributed by atoms with E-state index < -0.39 is 0 Å². The van der Waals surface area contributed by atoms with E-state index >= 15 is 0 Å². The molecule has 2 aliphatic heterocycles. The molecule has 27 heavy (non-hydrogen) atoms. The predicted octanol–water partition coefficient (Wildman–Crippen LogP) is 4.69. The highest BCUT2D eigenvalue weighted by atomic mass is 16.5. The van der Waals surface area contributed by atoms with Crippen molar-refractivity contribution in [2.45, 2.75) is 12.3 Å². The van der Waals surface area contributed by atoms with Gasteiger partial charge in [-0.15, -0.1) is 0 Å². The number of hydrogen-bond donors (Lipinski definition) is 1. The molecule has 4 heteroatoms. The van der Waals surface area contributed by atoms with Crippen LogP contribution in [-0.4, -0.2) is 12.1 Å². The summed E-state index contributed by atoms with van der Waals surface area (Å²) in [6.45, 7) is 0. The molecule has 1 N–H and O–H groups in total. The zero-order valence-electron chi connectivity index (χ0n) is 15.0. The molecule has 3 aromatic rings. The molecular formula is C23H20N2O2. The van der Waals surface area contributed by atoms with Crippen molar-refractivity contribution in [2.75, 3.05) is 7.11 Å². The smallest absolute Gasteiger partial charge is 0.196 e. The van der Waals surface area contributed by atoms with Gasteiger partial charge in [-0.2, -0.15) is 5.01 Å². The lowest BCUT2D eigenvalue weighted by atomic mass is 10.00. The highest BCUT2D eigenvalue weighted by Gasteiger charge is 2.41. The number of para-hydroxylation sites is 1. The minimum atomic E-state index is -0.252. The number of methoxy groups -OCH3 is 1. The van der Waals surface area contributed by atoms with Gasteiger partial charge in [0.25, 0.3) is 0 Å². The second-order valence-corrected chi connectivity index (χ2v) is 6.67. The molecule has 0 radical (unpaired) electrons. The van der Waals surface area contributed by atoms with Crippen LogP contribution in [0.5, 0.6) is 11.5 Å². The number of nitrogens with one attached hydrogen (secondary N) is 1. The van der Waals surface area contributed by atoms with Crippen LogP contribution in [0.3, 0.4) is 0 Å². The van der Waals surface area contributed by atoms with E-state index in [0.717, 1.165) is 33.9 Å². The third-order valence-electron chi connectivity index (χ3n) is 5.07. The van der Waals surface area contributed by atoms with E-state index in [2.05, 4.69) is 59.0 Å². The summed E-state index contributed by atoms with van der Waals surface area (Å²) >= 11 is 0. The molecule has 134 valence electrons. The summed E-state index contributed by atoms with van der Waals surface area (Å²) in [7, 11) is 1.68. The SMILES string of the molecule is COc1cccc2c1OC(c1ccccc1)N1NC(c3ccccc3)=CC21.